The maximum atomic E-state index is 12.4. The number of amides is 1. The van der Waals surface area contributed by atoms with E-state index in [0.717, 1.165) is 28.8 Å². The topological polar surface area (TPSA) is 84.2 Å². The van der Waals surface area contributed by atoms with Gasteiger partial charge in [0.2, 0.25) is 0 Å². The summed E-state index contributed by atoms with van der Waals surface area (Å²) in [6.07, 6.45) is 6.55. The monoisotopic (exact) mass is 363 g/mol. The highest BCUT2D eigenvalue weighted by atomic mass is 32.1. The standard InChI is InChI=1S/C18H25N3O3S/c1-3-12(18(23)24)10-19-16(22)15-9-14-11(2)20-21(17(14)25-15)13-7-5-4-6-8-13/h9,12-13H,3-8,10H2,1-2H3,(H,19,22)(H,23,24). The van der Waals surface area contributed by atoms with Crippen molar-refractivity contribution in [2.45, 2.75) is 58.4 Å². The van der Waals surface area contributed by atoms with Crippen LogP contribution in [0.3, 0.4) is 0 Å². The van der Waals surface area contributed by atoms with Crippen molar-refractivity contribution in [1.82, 2.24) is 15.1 Å². The van der Waals surface area contributed by atoms with Gasteiger partial charge in [-0.05, 0) is 32.3 Å². The lowest BCUT2D eigenvalue weighted by atomic mass is 9.96. The third kappa shape index (κ3) is 3.71. The third-order valence-corrected chi connectivity index (χ3v) is 6.19. The molecule has 7 heteroatoms. The van der Waals surface area contributed by atoms with Gasteiger partial charge >= 0.3 is 5.97 Å². The Morgan fingerprint density at radius 2 is 2.12 bits per heavy atom. The Balaban J connectivity index is 1.78. The number of nitrogens with one attached hydrogen (secondary N) is 1. The maximum absolute atomic E-state index is 12.4. The van der Waals surface area contributed by atoms with Crippen molar-refractivity contribution in [2.24, 2.45) is 5.92 Å². The van der Waals surface area contributed by atoms with Gasteiger partial charge in [0.1, 0.15) is 4.83 Å². The lowest BCUT2D eigenvalue weighted by molar-refractivity contribution is -0.141. The summed E-state index contributed by atoms with van der Waals surface area (Å²) in [5.41, 5.74) is 0.952. The molecule has 0 aromatic carbocycles. The smallest absolute Gasteiger partial charge is 0.308 e. The number of fused-ring (bicyclic) bond motifs is 1. The minimum atomic E-state index is -0.872. The molecule has 1 amide bonds. The van der Waals surface area contributed by atoms with Crippen LogP contribution in [0, 0.1) is 12.8 Å². The summed E-state index contributed by atoms with van der Waals surface area (Å²) in [4.78, 5) is 25.2. The summed E-state index contributed by atoms with van der Waals surface area (Å²) in [5, 5.41) is 17.6. The van der Waals surface area contributed by atoms with E-state index in [1.807, 2.05) is 19.9 Å². The first kappa shape index (κ1) is 17.9. The number of carbonyl (C=O) groups is 2. The van der Waals surface area contributed by atoms with E-state index in [9.17, 15) is 9.59 Å². The van der Waals surface area contributed by atoms with Crippen LogP contribution in [0.2, 0.25) is 0 Å². The van der Waals surface area contributed by atoms with E-state index in [2.05, 4.69) is 10.00 Å². The summed E-state index contributed by atoms with van der Waals surface area (Å²) >= 11 is 1.46. The first-order chi connectivity index (χ1) is 12.0. The molecule has 2 aromatic rings. The molecule has 1 saturated carbocycles. The number of aliphatic carboxylic acids is 1. The number of hydrogen-bond acceptors (Lipinski definition) is 4. The minimum absolute atomic E-state index is 0.159. The van der Waals surface area contributed by atoms with Crippen molar-refractivity contribution < 1.29 is 14.7 Å². The van der Waals surface area contributed by atoms with Crippen LogP contribution in [0.25, 0.3) is 10.2 Å². The molecule has 25 heavy (non-hydrogen) atoms. The van der Waals surface area contributed by atoms with Crippen LogP contribution in [-0.4, -0.2) is 33.3 Å². The summed E-state index contributed by atoms with van der Waals surface area (Å²) in [6.45, 7) is 3.95. The Hall–Kier alpha value is -1.89. The Labute approximate surface area is 151 Å². The van der Waals surface area contributed by atoms with E-state index in [-0.39, 0.29) is 12.5 Å². The molecule has 1 atom stereocenters. The molecule has 1 unspecified atom stereocenters. The van der Waals surface area contributed by atoms with Crippen LogP contribution >= 0.6 is 11.3 Å². The van der Waals surface area contributed by atoms with Gasteiger partial charge in [-0.1, -0.05) is 26.2 Å². The van der Waals surface area contributed by atoms with Gasteiger partial charge in [0, 0.05) is 11.9 Å². The van der Waals surface area contributed by atoms with Crippen molar-refractivity contribution >= 4 is 33.4 Å². The van der Waals surface area contributed by atoms with Gasteiger partial charge in [0.25, 0.3) is 5.91 Å². The molecule has 1 aliphatic rings. The van der Waals surface area contributed by atoms with Crippen molar-refractivity contribution in [3.8, 4) is 0 Å². The third-order valence-electron chi connectivity index (χ3n) is 5.06. The number of aromatic nitrogens is 2. The zero-order valence-corrected chi connectivity index (χ0v) is 15.6. The molecule has 0 spiro atoms. The number of thiophene rings is 1. The molecule has 3 rings (SSSR count). The molecule has 0 saturated heterocycles. The van der Waals surface area contributed by atoms with Crippen LogP contribution in [0.5, 0.6) is 0 Å². The first-order valence-electron chi connectivity index (χ1n) is 9.01. The van der Waals surface area contributed by atoms with Gasteiger partial charge < -0.3 is 10.4 Å². The number of hydrogen-bond donors (Lipinski definition) is 2. The molecule has 0 bridgehead atoms. The van der Waals surface area contributed by atoms with Crippen LogP contribution in [-0.2, 0) is 4.79 Å². The first-order valence-corrected chi connectivity index (χ1v) is 9.82. The molecule has 2 aromatic heterocycles. The largest absolute Gasteiger partial charge is 0.481 e. The average Bonchev–Trinajstić information content (AvgIpc) is 3.17. The van der Waals surface area contributed by atoms with Crippen LogP contribution in [0.4, 0.5) is 0 Å². The number of carboxylic acids is 1. The van der Waals surface area contributed by atoms with Crippen molar-refractivity contribution in [3.63, 3.8) is 0 Å². The summed E-state index contributed by atoms with van der Waals surface area (Å²) in [5.74, 6) is -1.61. The van der Waals surface area contributed by atoms with E-state index >= 15 is 0 Å². The molecular weight excluding hydrogens is 338 g/mol. The molecule has 2 N–H and O–H groups in total. The van der Waals surface area contributed by atoms with E-state index in [0.29, 0.717) is 17.3 Å². The Kier molecular flexibility index (Phi) is 5.42. The van der Waals surface area contributed by atoms with Gasteiger partial charge in [0.05, 0.1) is 22.5 Å². The van der Waals surface area contributed by atoms with Gasteiger partial charge in [-0.2, -0.15) is 5.10 Å². The predicted octanol–water partition coefficient (Wildman–Crippen LogP) is 3.75. The normalized spacial score (nSPS) is 16.9. The molecule has 1 fully saturated rings. The second-order valence-corrected chi connectivity index (χ2v) is 7.84. The van der Waals surface area contributed by atoms with Crippen molar-refractivity contribution in [2.75, 3.05) is 6.54 Å². The molecule has 1 aliphatic carbocycles. The minimum Gasteiger partial charge on any atom is -0.481 e. The Bertz CT molecular complexity index is 774. The number of carboxylic acid groups (broad SMARTS) is 1. The summed E-state index contributed by atoms with van der Waals surface area (Å²) < 4.78 is 2.11. The number of aryl methyl sites for hydroxylation is 1. The highest BCUT2D eigenvalue weighted by Crippen LogP contribution is 2.35. The van der Waals surface area contributed by atoms with Gasteiger partial charge in [-0.25, -0.2) is 0 Å². The fourth-order valence-electron chi connectivity index (χ4n) is 3.47. The van der Waals surface area contributed by atoms with Gasteiger partial charge in [-0.15, -0.1) is 11.3 Å². The zero-order valence-electron chi connectivity index (χ0n) is 14.7. The average molecular weight is 363 g/mol. The van der Waals surface area contributed by atoms with E-state index in [4.69, 9.17) is 10.2 Å². The Morgan fingerprint density at radius 1 is 1.40 bits per heavy atom. The molecule has 0 aliphatic heterocycles. The molecule has 0 radical (unpaired) electrons. The number of rotatable bonds is 6. The lowest BCUT2D eigenvalue weighted by Gasteiger charge is -2.22. The van der Waals surface area contributed by atoms with E-state index in [1.165, 1.54) is 30.6 Å². The highest BCUT2D eigenvalue weighted by molar-refractivity contribution is 7.20. The molecule has 2 heterocycles. The molecule has 136 valence electrons. The maximum Gasteiger partial charge on any atom is 0.308 e. The molecular formula is C18H25N3O3S. The van der Waals surface area contributed by atoms with Crippen LogP contribution in [0.1, 0.15) is 66.9 Å². The fourth-order valence-corrected chi connectivity index (χ4v) is 4.62. The number of carbonyl (C=O) groups excluding carboxylic acids is 1. The predicted molar refractivity (Wildman–Crippen MR) is 98.2 cm³/mol. The fraction of sp³-hybridized carbons (Fsp3) is 0.611. The zero-order chi connectivity index (χ0) is 18.0. The second kappa shape index (κ2) is 7.56. The van der Waals surface area contributed by atoms with Crippen LogP contribution < -0.4 is 5.32 Å². The second-order valence-electron chi connectivity index (χ2n) is 6.80. The quantitative estimate of drug-likeness (QED) is 0.818. The van der Waals surface area contributed by atoms with Crippen molar-refractivity contribution in [1.29, 1.82) is 0 Å². The summed E-state index contributed by atoms with van der Waals surface area (Å²) in [6, 6.07) is 2.31. The lowest BCUT2D eigenvalue weighted by Crippen LogP contribution is -2.32. The van der Waals surface area contributed by atoms with Crippen LogP contribution in [0.15, 0.2) is 6.07 Å². The van der Waals surface area contributed by atoms with Gasteiger partial charge in [-0.3, -0.25) is 14.3 Å². The summed E-state index contributed by atoms with van der Waals surface area (Å²) in [7, 11) is 0. The molecule has 6 nitrogen and oxygen atoms in total. The SMILES string of the molecule is CCC(CNC(=O)c1cc2c(C)nn(C3CCCCC3)c2s1)C(=O)O. The number of nitrogens with zero attached hydrogens (tertiary/aromatic N) is 2. The highest BCUT2D eigenvalue weighted by Gasteiger charge is 2.23. The van der Waals surface area contributed by atoms with E-state index in [1.54, 1.807) is 0 Å². The van der Waals surface area contributed by atoms with Crippen molar-refractivity contribution in [3.05, 3.63) is 16.6 Å². The van der Waals surface area contributed by atoms with E-state index < -0.39 is 11.9 Å². The van der Waals surface area contributed by atoms with Gasteiger partial charge in [0.15, 0.2) is 0 Å². The Morgan fingerprint density at radius 3 is 2.76 bits per heavy atom.